The SMILES string of the molecule is COc1ccccc1-c1cccc(NC(=O)N2CCCC2(C)CO)c1. The molecule has 1 fully saturated rings. The maximum absolute atomic E-state index is 12.6. The lowest BCUT2D eigenvalue weighted by Crippen LogP contribution is -2.49. The normalized spacial score (nSPS) is 19.7. The van der Waals surface area contributed by atoms with Crippen LogP contribution < -0.4 is 10.1 Å². The summed E-state index contributed by atoms with van der Waals surface area (Å²) in [7, 11) is 1.65. The van der Waals surface area contributed by atoms with E-state index in [1.807, 2.05) is 55.5 Å². The molecule has 1 heterocycles. The second-order valence-electron chi connectivity index (χ2n) is 6.62. The molecule has 0 aromatic heterocycles. The number of amides is 2. The number of ether oxygens (including phenoxy) is 1. The lowest BCUT2D eigenvalue weighted by atomic mass is 10.0. The lowest BCUT2D eigenvalue weighted by Gasteiger charge is -2.33. The molecule has 1 atom stereocenters. The number of hydrogen-bond donors (Lipinski definition) is 2. The highest BCUT2D eigenvalue weighted by Crippen LogP contribution is 2.32. The van der Waals surface area contributed by atoms with E-state index in [4.69, 9.17) is 4.74 Å². The van der Waals surface area contributed by atoms with Gasteiger partial charge in [-0.1, -0.05) is 30.3 Å². The Morgan fingerprint density at radius 3 is 2.84 bits per heavy atom. The van der Waals surface area contributed by atoms with Gasteiger partial charge in [-0.2, -0.15) is 0 Å². The van der Waals surface area contributed by atoms with Crippen molar-refractivity contribution in [3.8, 4) is 16.9 Å². The smallest absolute Gasteiger partial charge is 0.322 e. The van der Waals surface area contributed by atoms with Crippen molar-refractivity contribution < 1.29 is 14.6 Å². The molecule has 1 aliphatic heterocycles. The van der Waals surface area contributed by atoms with Crippen LogP contribution in [0.4, 0.5) is 10.5 Å². The van der Waals surface area contributed by atoms with E-state index in [1.54, 1.807) is 12.0 Å². The van der Waals surface area contributed by atoms with Gasteiger partial charge < -0.3 is 20.1 Å². The quantitative estimate of drug-likeness (QED) is 0.891. The highest BCUT2D eigenvalue weighted by atomic mass is 16.5. The van der Waals surface area contributed by atoms with Crippen LogP contribution in [0, 0.1) is 0 Å². The van der Waals surface area contributed by atoms with Crippen molar-refractivity contribution in [2.45, 2.75) is 25.3 Å². The van der Waals surface area contributed by atoms with Gasteiger partial charge in [0, 0.05) is 17.8 Å². The Hall–Kier alpha value is -2.53. The van der Waals surface area contributed by atoms with Gasteiger partial charge in [-0.15, -0.1) is 0 Å². The molecule has 132 valence electrons. The largest absolute Gasteiger partial charge is 0.496 e. The Kier molecular flexibility index (Phi) is 4.95. The Bertz CT molecular complexity index is 762. The topological polar surface area (TPSA) is 61.8 Å². The highest BCUT2D eigenvalue weighted by molar-refractivity contribution is 5.91. The first-order valence-corrected chi connectivity index (χ1v) is 8.50. The average Bonchev–Trinajstić information content (AvgIpc) is 3.04. The number of aliphatic hydroxyl groups excluding tert-OH is 1. The van der Waals surface area contributed by atoms with E-state index >= 15 is 0 Å². The van der Waals surface area contributed by atoms with Gasteiger partial charge in [0.05, 0.1) is 19.3 Å². The minimum Gasteiger partial charge on any atom is -0.496 e. The molecule has 2 amide bonds. The lowest BCUT2D eigenvalue weighted by molar-refractivity contribution is 0.104. The van der Waals surface area contributed by atoms with Gasteiger partial charge in [0.15, 0.2) is 0 Å². The summed E-state index contributed by atoms with van der Waals surface area (Å²) in [5.74, 6) is 0.790. The molecule has 0 saturated carbocycles. The van der Waals surface area contributed by atoms with Crippen LogP contribution in [0.25, 0.3) is 11.1 Å². The van der Waals surface area contributed by atoms with Crippen molar-refractivity contribution in [1.82, 2.24) is 4.90 Å². The average molecular weight is 340 g/mol. The van der Waals surface area contributed by atoms with Gasteiger partial charge in [-0.25, -0.2) is 4.79 Å². The van der Waals surface area contributed by atoms with Crippen LogP contribution in [0.15, 0.2) is 48.5 Å². The molecule has 5 nitrogen and oxygen atoms in total. The van der Waals surface area contributed by atoms with Crippen LogP contribution >= 0.6 is 0 Å². The number of urea groups is 1. The van der Waals surface area contributed by atoms with Gasteiger partial charge in [0.25, 0.3) is 0 Å². The fraction of sp³-hybridized carbons (Fsp3) is 0.350. The standard InChI is InChI=1S/C20H24N2O3/c1-20(14-23)11-6-12-22(20)19(24)21-16-8-5-7-15(13-16)17-9-3-4-10-18(17)25-2/h3-5,7-10,13,23H,6,11-12,14H2,1-2H3,(H,21,24). The van der Waals surface area contributed by atoms with Gasteiger partial charge >= 0.3 is 6.03 Å². The summed E-state index contributed by atoms with van der Waals surface area (Å²) < 4.78 is 5.42. The summed E-state index contributed by atoms with van der Waals surface area (Å²) in [6.07, 6.45) is 1.73. The zero-order chi connectivity index (χ0) is 17.9. The maximum Gasteiger partial charge on any atom is 0.322 e. The van der Waals surface area contributed by atoms with Crippen molar-refractivity contribution in [3.63, 3.8) is 0 Å². The highest BCUT2D eigenvalue weighted by Gasteiger charge is 2.39. The van der Waals surface area contributed by atoms with Crippen LogP contribution in [0.5, 0.6) is 5.75 Å². The summed E-state index contributed by atoms with van der Waals surface area (Å²) in [5, 5.41) is 12.6. The Balaban J connectivity index is 1.82. The molecule has 3 rings (SSSR count). The molecule has 2 N–H and O–H groups in total. The number of aliphatic hydroxyl groups is 1. The number of nitrogens with zero attached hydrogens (tertiary/aromatic N) is 1. The molecule has 2 aromatic carbocycles. The van der Waals surface area contributed by atoms with Gasteiger partial charge in [-0.3, -0.25) is 0 Å². The first kappa shape index (κ1) is 17.3. The molecule has 0 spiro atoms. The predicted molar refractivity (Wildman–Crippen MR) is 98.9 cm³/mol. The molecule has 0 bridgehead atoms. The zero-order valence-corrected chi connectivity index (χ0v) is 14.7. The molecule has 25 heavy (non-hydrogen) atoms. The van der Waals surface area contributed by atoms with E-state index in [9.17, 15) is 9.90 Å². The van der Waals surface area contributed by atoms with Gasteiger partial charge in [-0.05, 0) is 43.5 Å². The molecule has 5 heteroatoms. The molecule has 1 unspecified atom stereocenters. The number of hydrogen-bond acceptors (Lipinski definition) is 3. The summed E-state index contributed by atoms with van der Waals surface area (Å²) in [6, 6.07) is 15.3. The molecular weight excluding hydrogens is 316 g/mol. The number of likely N-dealkylation sites (tertiary alicyclic amines) is 1. The predicted octanol–water partition coefficient (Wildman–Crippen LogP) is 3.74. The van der Waals surface area contributed by atoms with Gasteiger partial charge in [0.2, 0.25) is 0 Å². The third-order valence-electron chi connectivity index (χ3n) is 4.87. The number of benzene rings is 2. The molecule has 1 saturated heterocycles. The molecule has 1 aliphatic rings. The number of anilines is 1. The van der Waals surface area contributed by atoms with E-state index in [0.717, 1.165) is 35.4 Å². The van der Waals surface area contributed by atoms with Crippen LogP contribution in [0.1, 0.15) is 19.8 Å². The van der Waals surface area contributed by atoms with Gasteiger partial charge in [0.1, 0.15) is 5.75 Å². The number of carbonyl (C=O) groups is 1. The summed E-state index contributed by atoms with van der Waals surface area (Å²) in [4.78, 5) is 14.4. The first-order valence-electron chi connectivity index (χ1n) is 8.50. The Morgan fingerprint density at radius 1 is 1.28 bits per heavy atom. The van der Waals surface area contributed by atoms with Crippen LogP contribution in [0.3, 0.4) is 0 Å². The summed E-state index contributed by atoms with van der Waals surface area (Å²) >= 11 is 0. The fourth-order valence-corrected chi connectivity index (χ4v) is 3.37. The third-order valence-corrected chi connectivity index (χ3v) is 4.87. The van der Waals surface area contributed by atoms with E-state index in [0.29, 0.717) is 6.54 Å². The number of methoxy groups -OCH3 is 1. The van der Waals surface area contributed by atoms with E-state index in [2.05, 4.69) is 5.32 Å². The molecule has 0 radical (unpaired) electrons. The number of para-hydroxylation sites is 1. The van der Waals surface area contributed by atoms with Crippen LogP contribution in [0.2, 0.25) is 0 Å². The molecule has 0 aliphatic carbocycles. The number of carbonyl (C=O) groups excluding carboxylic acids is 1. The second-order valence-corrected chi connectivity index (χ2v) is 6.62. The van der Waals surface area contributed by atoms with Crippen molar-refractivity contribution in [3.05, 3.63) is 48.5 Å². The Labute approximate surface area is 148 Å². The van der Waals surface area contributed by atoms with Crippen LogP contribution in [-0.4, -0.2) is 41.8 Å². The molecular formula is C20H24N2O3. The Morgan fingerprint density at radius 2 is 2.08 bits per heavy atom. The number of rotatable bonds is 4. The third kappa shape index (κ3) is 3.46. The molecule has 2 aromatic rings. The van der Waals surface area contributed by atoms with E-state index in [1.165, 1.54) is 0 Å². The monoisotopic (exact) mass is 340 g/mol. The maximum atomic E-state index is 12.6. The van der Waals surface area contributed by atoms with Crippen LogP contribution in [-0.2, 0) is 0 Å². The van der Waals surface area contributed by atoms with Crippen molar-refractivity contribution >= 4 is 11.7 Å². The van der Waals surface area contributed by atoms with Crippen molar-refractivity contribution in [2.24, 2.45) is 0 Å². The minimum atomic E-state index is -0.482. The summed E-state index contributed by atoms with van der Waals surface area (Å²) in [6.45, 7) is 2.56. The fourth-order valence-electron chi connectivity index (χ4n) is 3.37. The van der Waals surface area contributed by atoms with E-state index < -0.39 is 5.54 Å². The zero-order valence-electron chi connectivity index (χ0n) is 14.7. The van der Waals surface area contributed by atoms with Crippen molar-refractivity contribution in [2.75, 3.05) is 25.6 Å². The minimum absolute atomic E-state index is 0.0261. The second kappa shape index (κ2) is 7.15. The van der Waals surface area contributed by atoms with E-state index in [-0.39, 0.29) is 12.6 Å². The number of nitrogens with one attached hydrogen (secondary N) is 1. The summed E-state index contributed by atoms with van der Waals surface area (Å²) in [5.41, 5.74) is 2.19. The first-order chi connectivity index (χ1) is 12.1. The van der Waals surface area contributed by atoms with Crippen molar-refractivity contribution in [1.29, 1.82) is 0 Å².